The molecule has 3 heterocycles. The van der Waals surface area contributed by atoms with Gasteiger partial charge < -0.3 is 0 Å². The summed E-state index contributed by atoms with van der Waals surface area (Å²) in [6, 6.07) is 0. The number of quaternary nitrogens is 1. The summed E-state index contributed by atoms with van der Waals surface area (Å²) < 4.78 is 1.75. The van der Waals surface area contributed by atoms with Crippen molar-refractivity contribution in [1.29, 1.82) is 0 Å². The second kappa shape index (κ2) is 2.60. The number of fused-ring (bicyclic) bond motifs is 2. The molecule has 0 saturated carbocycles. The second-order valence-corrected chi connectivity index (χ2v) is 3.68. The van der Waals surface area contributed by atoms with Crippen LogP contribution in [0.5, 0.6) is 0 Å². The number of aryl methyl sites for hydroxylation is 2. The van der Waals surface area contributed by atoms with Gasteiger partial charge >= 0.3 is 0 Å². The van der Waals surface area contributed by atoms with E-state index in [2.05, 4.69) is 20.2 Å². The zero-order valence-corrected chi connectivity index (χ0v) is 8.81. The maximum atomic E-state index is 4.53. The normalized spacial score (nSPS) is 14.5. The van der Waals surface area contributed by atoms with Crippen molar-refractivity contribution < 1.29 is 5.43 Å². The first-order chi connectivity index (χ1) is 7.16. The summed E-state index contributed by atoms with van der Waals surface area (Å²) in [6.45, 7) is 3.87. The number of aromatic nitrogens is 4. The van der Waals surface area contributed by atoms with Crippen LogP contribution in [0.15, 0.2) is 5.10 Å². The van der Waals surface area contributed by atoms with Gasteiger partial charge in [0, 0.05) is 7.05 Å². The Morgan fingerprint density at radius 1 is 1.20 bits per heavy atom. The van der Waals surface area contributed by atoms with Gasteiger partial charge in [-0.25, -0.2) is 9.67 Å². The Balaban J connectivity index is 2.41. The van der Waals surface area contributed by atoms with E-state index in [9.17, 15) is 0 Å². The van der Waals surface area contributed by atoms with Crippen LogP contribution in [0, 0.1) is 6.92 Å². The summed E-state index contributed by atoms with van der Waals surface area (Å²) >= 11 is 0. The summed E-state index contributed by atoms with van der Waals surface area (Å²) in [7, 11) is 1.88. The summed E-state index contributed by atoms with van der Waals surface area (Å²) in [4.78, 5) is 9.04. The molecule has 0 spiro atoms. The van der Waals surface area contributed by atoms with Crippen LogP contribution in [0.3, 0.4) is 0 Å². The fraction of sp³-hybridized carbons (Fsp3) is 0.333. The van der Waals surface area contributed by atoms with Gasteiger partial charge in [0.15, 0.2) is 11.3 Å². The molecule has 6 heteroatoms. The molecule has 0 atom stereocenters. The summed E-state index contributed by atoms with van der Waals surface area (Å²) in [6.07, 6.45) is 0. The average Bonchev–Trinajstić information content (AvgIpc) is 2.70. The molecule has 2 aromatic heterocycles. The first kappa shape index (κ1) is 8.49. The van der Waals surface area contributed by atoms with Gasteiger partial charge in [-0.05, 0) is 13.8 Å². The molecule has 0 saturated heterocycles. The topological polar surface area (TPSA) is 72.6 Å². The molecule has 76 valence electrons. The lowest BCUT2D eigenvalue weighted by atomic mass is 10.3. The van der Waals surface area contributed by atoms with Gasteiger partial charge in [-0.15, -0.1) is 0 Å². The van der Waals surface area contributed by atoms with Crippen molar-refractivity contribution in [2.45, 2.75) is 13.8 Å². The SMILES string of the molecule is CC1=N[NH2+]c2nc3c(C)nn(C)c3nc21. The van der Waals surface area contributed by atoms with Crippen molar-refractivity contribution in [2.75, 3.05) is 0 Å². The molecule has 1 aliphatic heterocycles. The van der Waals surface area contributed by atoms with Crippen molar-refractivity contribution in [3.63, 3.8) is 0 Å². The smallest absolute Gasteiger partial charge is 0.249 e. The molecular formula is C9H11N6+. The second-order valence-electron chi connectivity index (χ2n) is 3.68. The minimum absolute atomic E-state index is 0.816. The van der Waals surface area contributed by atoms with E-state index in [1.54, 1.807) is 10.1 Å². The highest BCUT2D eigenvalue weighted by Gasteiger charge is 2.23. The Morgan fingerprint density at radius 2 is 2.00 bits per heavy atom. The Labute approximate surface area is 86.0 Å². The lowest BCUT2D eigenvalue weighted by molar-refractivity contribution is -0.577. The lowest BCUT2D eigenvalue weighted by Gasteiger charge is -1.95. The van der Waals surface area contributed by atoms with E-state index in [0.717, 1.165) is 34.1 Å². The first-order valence-electron chi connectivity index (χ1n) is 4.76. The molecule has 6 nitrogen and oxygen atoms in total. The van der Waals surface area contributed by atoms with Gasteiger partial charge in [0.2, 0.25) is 0 Å². The van der Waals surface area contributed by atoms with Crippen LogP contribution in [0.25, 0.3) is 11.2 Å². The fourth-order valence-corrected chi connectivity index (χ4v) is 1.80. The van der Waals surface area contributed by atoms with E-state index >= 15 is 0 Å². The predicted octanol–water partition coefficient (Wildman–Crippen LogP) is -0.396. The van der Waals surface area contributed by atoms with E-state index in [0.29, 0.717) is 0 Å². The maximum absolute atomic E-state index is 4.53. The monoisotopic (exact) mass is 203 g/mol. The summed E-state index contributed by atoms with van der Waals surface area (Å²) in [5.74, 6) is 0.844. The van der Waals surface area contributed by atoms with Crippen LogP contribution >= 0.6 is 0 Å². The van der Waals surface area contributed by atoms with Gasteiger partial charge in [0.05, 0.1) is 5.69 Å². The van der Waals surface area contributed by atoms with Crippen molar-refractivity contribution in [2.24, 2.45) is 12.1 Å². The number of hydrogen-bond donors (Lipinski definition) is 1. The van der Waals surface area contributed by atoms with Crippen LogP contribution in [0.4, 0.5) is 5.82 Å². The van der Waals surface area contributed by atoms with Crippen LogP contribution in [0.2, 0.25) is 0 Å². The third kappa shape index (κ3) is 1.02. The third-order valence-corrected chi connectivity index (χ3v) is 2.58. The third-order valence-electron chi connectivity index (χ3n) is 2.58. The van der Waals surface area contributed by atoms with E-state index in [4.69, 9.17) is 0 Å². The molecule has 3 rings (SSSR count). The van der Waals surface area contributed by atoms with Crippen LogP contribution in [0.1, 0.15) is 18.3 Å². The highest BCUT2D eigenvalue weighted by atomic mass is 15.4. The van der Waals surface area contributed by atoms with Gasteiger partial charge in [-0.2, -0.15) is 15.5 Å². The molecule has 2 N–H and O–H groups in total. The quantitative estimate of drug-likeness (QED) is 0.592. The average molecular weight is 203 g/mol. The molecule has 0 unspecified atom stereocenters. The van der Waals surface area contributed by atoms with Gasteiger partial charge in [0.25, 0.3) is 5.82 Å². The molecular weight excluding hydrogens is 192 g/mol. The molecule has 0 radical (unpaired) electrons. The van der Waals surface area contributed by atoms with Crippen molar-refractivity contribution >= 4 is 22.7 Å². The minimum atomic E-state index is 0.816. The van der Waals surface area contributed by atoms with Crippen LogP contribution in [-0.2, 0) is 7.05 Å². The van der Waals surface area contributed by atoms with Crippen molar-refractivity contribution in [3.8, 4) is 0 Å². The zero-order valence-electron chi connectivity index (χ0n) is 8.81. The highest BCUT2D eigenvalue weighted by Crippen LogP contribution is 2.18. The molecule has 0 bridgehead atoms. The molecule has 0 aromatic carbocycles. The Morgan fingerprint density at radius 3 is 2.80 bits per heavy atom. The highest BCUT2D eigenvalue weighted by molar-refractivity contribution is 6.01. The minimum Gasteiger partial charge on any atom is -0.249 e. The molecule has 1 aliphatic rings. The molecule has 2 aromatic rings. The fourth-order valence-electron chi connectivity index (χ4n) is 1.80. The first-order valence-corrected chi connectivity index (χ1v) is 4.76. The van der Waals surface area contributed by atoms with Crippen molar-refractivity contribution in [1.82, 2.24) is 19.7 Å². The lowest BCUT2D eigenvalue weighted by Crippen LogP contribution is -2.70. The van der Waals surface area contributed by atoms with Gasteiger partial charge in [-0.1, -0.05) is 5.10 Å². The Bertz CT molecular complexity index is 594. The van der Waals surface area contributed by atoms with Crippen LogP contribution in [-0.4, -0.2) is 25.5 Å². The molecule has 0 amide bonds. The van der Waals surface area contributed by atoms with E-state index in [1.165, 1.54) is 0 Å². The largest absolute Gasteiger partial charge is 0.280 e. The van der Waals surface area contributed by atoms with Crippen LogP contribution < -0.4 is 5.43 Å². The Hall–Kier alpha value is -1.82. The molecule has 0 fully saturated rings. The Kier molecular flexibility index (Phi) is 1.47. The summed E-state index contributed by atoms with van der Waals surface area (Å²) in [5.41, 5.74) is 6.11. The van der Waals surface area contributed by atoms with Gasteiger partial charge in [-0.3, -0.25) is 0 Å². The zero-order chi connectivity index (χ0) is 10.6. The van der Waals surface area contributed by atoms with E-state index < -0.39 is 0 Å². The molecule has 0 aliphatic carbocycles. The van der Waals surface area contributed by atoms with Crippen molar-refractivity contribution in [3.05, 3.63) is 11.4 Å². The number of nitrogens with zero attached hydrogens (tertiary/aromatic N) is 5. The van der Waals surface area contributed by atoms with E-state index in [-0.39, 0.29) is 0 Å². The van der Waals surface area contributed by atoms with E-state index in [1.807, 2.05) is 20.9 Å². The van der Waals surface area contributed by atoms with Gasteiger partial charge in [0.1, 0.15) is 11.2 Å². The maximum Gasteiger partial charge on any atom is 0.280 e. The molecule has 15 heavy (non-hydrogen) atoms. The number of nitrogens with two attached hydrogens (primary N) is 1. The predicted molar refractivity (Wildman–Crippen MR) is 54.8 cm³/mol. The standard InChI is InChI=1S/C9H10N6/c1-4-6-8(13-12-4)10-7-5(2)14-15(3)9(7)11-6/h1-3H3,(H,10,12,13)/p+1. The number of hydrogen-bond acceptors (Lipinski definition) is 4. The summed E-state index contributed by atoms with van der Waals surface area (Å²) in [5, 5.41) is 8.50. The number of rotatable bonds is 0.